The van der Waals surface area contributed by atoms with Crippen LogP contribution in [0.4, 0.5) is 0 Å². The molecule has 0 spiro atoms. The second-order valence-electron chi connectivity index (χ2n) is 5.90. The number of hydrogen-bond donors (Lipinski definition) is 2. The van der Waals surface area contributed by atoms with Crippen molar-refractivity contribution in [2.75, 3.05) is 0 Å². The molecule has 0 aliphatic heterocycles. The highest BCUT2D eigenvalue weighted by Crippen LogP contribution is 2.19. The van der Waals surface area contributed by atoms with Gasteiger partial charge in [-0.25, -0.2) is 17.9 Å². The Kier molecular flexibility index (Phi) is 5.41. The average molecular weight is 347 g/mol. The number of carboxylic acid groups (broad SMARTS) is 1. The van der Waals surface area contributed by atoms with E-state index in [1.54, 1.807) is 19.1 Å². The molecule has 0 fully saturated rings. The minimum absolute atomic E-state index is 0.0803. The van der Waals surface area contributed by atoms with E-state index in [0.29, 0.717) is 5.56 Å². The molecule has 0 aliphatic rings. The molecule has 2 aromatic carbocycles. The fourth-order valence-corrected chi connectivity index (χ4v) is 4.15. The van der Waals surface area contributed by atoms with Crippen molar-refractivity contribution in [2.45, 2.75) is 32.6 Å². The van der Waals surface area contributed by atoms with Crippen LogP contribution in [-0.4, -0.2) is 19.5 Å². The van der Waals surface area contributed by atoms with E-state index in [1.807, 2.05) is 32.0 Å². The van der Waals surface area contributed by atoms with Crippen molar-refractivity contribution in [3.63, 3.8) is 0 Å². The van der Waals surface area contributed by atoms with Crippen LogP contribution in [0.15, 0.2) is 42.5 Å². The van der Waals surface area contributed by atoms with Gasteiger partial charge in [0.05, 0.1) is 11.3 Å². The molecule has 24 heavy (non-hydrogen) atoms. The van der Waals surface area contributed by atoms with Gasteiger partial charge in [0.2, 0.25) is 10.0 Å². The lowest BCUT2D eigenvalue weighted by Gasteiger charge is -2.16. The number of aromatic carboxylic acids is 1. The number of rotatable bonds is 6. The molecule has 1 atom stereocenters. The van der Waals surface area contributed by atoms with Gasteiger partial charge in [-0.05, 0) is 55.2 Å². The Morgan fingerprint density at radius 2 is 1.62 bits per heavy atom. The summed E-state index contributed by atoms with van der Waals surface area (Å²) in [6.07, 6.45) is 0. The number of aryl methyl sites for hydroxylation is 2. The predicted octanol–water partition coefficient (Wildman–Crippen LogP) is 3.18. The molecular weight excluding hydrogens is 326 g/mol. The van der Waals surface area contributed by atoms with E-state index < -0.39 is 22.0 Å². The zero-order valence-electron chi connectivity index (χ0n) is 13.9. The van der Waals surface area contributed by atoms with Crippen molar-refractivity contribution in [3.05, 3.63) is 70.3 Å². The monoisotopic (exact) mass is 347 g/mol. The number of nitrogens with one attached hydrogen (secondary N) is 1. The molecule has 6 heteroatoms. The van der Waals surface area contributed by atoms with Gasteiger partial charge in [0.15, 0.2) is 0 Å². The van der Waals surface area contributed by atoms with E-state index >= 15 is 0 Å². The van der Waals surface area contributed by atoms with Gasteiger partial charge in [0.25, 0.3) is 0 Å². The van der Waals surface area contributed by atoms with Crippen LogP contribution in [0.5, 0.6) is 0 Å². The molecule has 2 rings (SSSR count). The number of hydrogen-bond acceptors (Lipinski definition) is 3. The Morgan fingerprint density at radius 3 is 2.12 bits per heavy atom. The van der Waals surface area contributed by atoms with Crippen LogP contribution in [-0.2, 0) is 15.8 Å². The molecule has 5 nitrogen and oxygen atoms in total. The van der Waals surface area contributed by atoms with Crippen molar-refractivity contribution in [2.24, 2.45) is 0 Å². The molecule has 0 saturated heterocycles. The molecule has 0 saturated carbocycles. The Morgan fingerprint density at radius 1 is 1.08 bits per heavy atom. The molecule has 2 aromatic rings. The summed E-state index contributed by atoms with van der Waals surface area (Å²) in [7, 11) is -3.52. The van der Waals surface area contributed by atoms with Crippen LogP contribution in [0.2, 0.25) is 0 Å². The van der Waals surface area contributed by atoms with E-state index in [1.165, 1.54) is 12.1 Å². The third-order valence-corrected chi connectivity index (χ3v) is 5.37. The first-order valence-electron chi connectivity index (χ1n) is 7.58. The van der Waals surface area contributed by atoms with Crippen molar-refractivity contribution in [3.8, 4) is 0 Å². The summed E-state index contributed by atoms with van der Waals surface area (Å²) in [6.45, 7) is 5.52. The van der Waals surface area contributed by atoms with Gasteiger partial charge in [-0.3, -0.25) is 0 Å². The molecule has 0 amide bonds. The molecule has 2 N–H and O–H groups in total. The molecule has 128 valence electrons. The van der Waals surface area contributed by atoms with E-state index in [9.17, 15) is 13.2 Å². The summed E-state index contributed by atoms with van der Waals surface area (Å²) in [6, 6.07) is 11.4. The quantitative estimate of drug-likeness (QED) is 0.840. The summed E-state index contributed by atoms with van der Waals surface area (Å²) in [5.41, 5.74) is 3.57. The van der Waals surface area contributed by atoms with E-state index in [2.05, 4.69) is 4.72 Å². The summed E-state index contributed by atoms with van der Waals surface area (Å²) in [5, 5.41) is 8.91. The van der Waals surface area contributed by atoms with Crippen LogP contribution >= 0.6 is 0 Å². The predicted molar refractivity (Wildman–Crippen MR) is 93.5 cm³/mol. The van der Waals surface area contributed by atoms with Gasteiger partial charge >= 0.3 is 5.97 Å². The number of sulfonamides is 1. The van der Waals surface area contributed by atoms with Gasteiger partial charge in [-0.15, -0.1) is 0 Å². The van der Waals surface area contributed by atoms with Gasteiger partial charge < -0.3 is 5.11 Å². The Labute approximate surface area is 142 Å². The lowest BCUT2D eigenvalue weighted by Crippen LogP contribution is -2.28. The van der Waals surface area contributed by atoms with Gasteiger partial charge in [0, 0.05) is 6.04 Å². The second kappa shape index (κ2) is 7.15. The molecule has 0 aliphatic carbocycles. The highest BCUT2D eigenvalue weighted by molar-refractivity contribution is 7.88. The normalized spacial score (nSPS) is 12.8. The standard InChI is InChI=1S/C18H21NO4S/c1-12-5-4-6-13(2)17(12)11-24(22,23)19-14(3)15-7-9-16(10-8-15)18(20)21/h4-10,14,19H,11H2,1-3H3,(H,20,21)/t14-/m0/s1. The molecule has 0 heterocycles. The summed E-state index contributed by atoms with van der Waals surface area (Å²) >= 11 is 0. The first-order chi connectivity index (χ1) is 11.2. The first kappa shape index (κ1) is 18.2. The fourth-order valence-electron chi connectivity index (χ4n) is 2.56. The van der Waals surface area contributed by atoms with Gasteiger partial charge in [0.1, 0.15) is 0 Å². The zero-order chi connectivity index (χ0) is 17.9. The maximum absolute atomic E-state index is 12.5. The minimum Gasteiger partial charge on any atom is -0.478 e. The molecule has 0 unspecified atom stereocenters. The smallest absolute Gasteiger partial charge is 0.335 e. The number of benzene rings is 2. The maximum atomic E-state index is 12.5. The van der Waals surface area contributed by atoms with E-state index in [4.69, 9.17) is 5.11 Å². The fraction of sp³-hybridized carbons (Fsp3) is 0.278. The first-order valence-corrected chi connectivity index (χ1v) is 9.23. The molecular formula is C18H21NO4S. The van der Waals surface area contributed by atoms with E-state index in [0.717, 1.165) is 16.7 Å². The summed E-state index contributed by atoms with van der Waals surface area (Å²) in [4.78, 5) is 10.9. The summed E-state index contributed by atoms with van der Waals surface area (Å²) in [5.74, 6) is -1.09. The van der Waals surface area contributed by atoms with Gasteiger partial charge in [-0.1, -0.05) is 30.3 Å². The summed E-state index contributed by atoms with van der Waals surface area (Å²) < 4.78 is 27.6. The maximum Gasteiger partial charge on any atom is 0.335 e. The SMILES string of the molecule is Cc1cccc(C)c1CS(=O)(=O)N[C@@H](C)c1ccc(C(=O)O)cc1. The van der Waals surface area contributed by atoms with Crippen LogP contribution < -0.4 is 4.72 Å². The number of carbonyl (C=O) groups is 1. The Hall–Kier alpha value is -2.18. The van der Waals surface area contributed by atoms with Crippen LogP contribution in [0.25, 0.3) is 0 Å². The molecule has 0 bridgehead atoms. The largest absolute Gasteiger partial charge is 0.478 e. The van der Waals surface area contributed by atoms with Gasteiger partial charge in [-0.2, -0.15) is 0 Å². The van der Waals surface area contributed by atoms with Crippen molar-refractivity contribution in [1.82, 2.24) is 4.72 Å². The van der Waals surface area contributed by atoms with E-state index in [-0.39, 0.29) is 11.3 Å². The van der Waals surface area contributed by atoms with Crippen molar-refractivity contribution >= 4 is 16.0 Å². The average Bonchev–Trinajstić information content (AvgIpc) is 2.51. The molecule has 0 aromatic heterocycles. The van der Waals surface area contributed by atoms with Crippen LogP contribution in [0.3, 0.4) is 0 Å². The Balaban J connectivity index is 2.15. The minimum atomic E-state index is -3.52. The molecule has 0 radical (unpaired) electrons. The zero-order valence-corrected chi connectivity index (χ0v) is 14.7. The van der Waals surface area contributed by atoms with Crippen molar-refractivity contribution < 1.29 is 18.3 Å². The van der Waals surface area contributed by atoms with Crippen LogP contribution in [0, 0.1) is 13.8 Å². The number of carboxylic acids is 1. The highest BCUT2D eigenvalue weighted by Gasteiger charge is 2.19. The lowest BCUT2D eigenvalue weighted by atomic mass is 10.1. The second-order valence-corrected chi connectivity index (χ2v) is 7.65. The topological polar surface area (TPSA) is 83.5 Å². The Bertz CT molecular complexity index is 822. The third-order valence-electron chi connectivity index (χ3n) is 3.99. The highest BCUT2D eigenvalue weighted by atomic mass is 32.2. The van der Waals surface area contributed by atoms with Crippen molar-refractivity contribution in [1.29, 1.82) is 0 Å². The van der Waals surface area contributed by atoms with Crippen LogP contribution in [0.1, 0.15) is 45.6 Å². The third kappa shape index (κ3) is 4.43. The lowest BCUT2D eigenvalue weighted by molar-refractivity contribution is 0.0697.